The van der Waals surface area contributed by atoms with Crippen LogP contribution in [0.15, 0.2) is 53.4 Å². The molecule has 1 fully saturated rings. The van der Waals surface area contributed by atoms with Crippen LogP contribution in [-0.2, 0) is 10.0 Å². The number of benzene rings is 2. The van der Waals surface area contributed by atoms with Gasteiger partial charge in [-0.15, -0.1) is 0 Å². The van der Waals surface area contributed by atoms with Crippen molar-refractivity contribution < 1.29 is 8.42 Å². The highest BCUT2D eigenvalue weighted by molar-refractivity contribution is 7.92. The first kappa shape index (κ1) is 20.7. The maximum atomic E-state index is 12.9. The van der Waals surface area contributed by atoms with Crippen LogP contribution in [0.4, 0.5) is 11.4 Å². The maximum Gasteiger partial charge on any atom is 0.261 e. The normalized spacial score (nSPS) is 16.8. The Morgan fingerprint density at radius 2 is 1.61 bits per heavy atom. The topological polar surface area (TPSA) is 52.7 Å². The van der Waals surface area contributed by atoms with Gasteiger partial charge in [-0.1, -0.05) is 45.0 Å². The number of hydrogen-bond acceptors (Lipinski definition) is 4. The van der Waals surface area contributed by atoms with E-state index in [0.29, 0.717) is 16.5 Å². The molecule has 6 heteroatoms. The van der Waals surface area contributed by atoms with Gasteiger partial charge in [-0.25, -0.2) is 8.42 Å². The summed E-state index contributed by atoms with van der Waals surface area (Å²) in [7, 11) is -3.63. The molecule has 0 aliphatic carbocycles. The molecule has 28 heavy (non-hydrogen) atoms. The molecular weight excluding hydrogens is 370 g/mol. The van der Waals surface area contributed by atoms with E-state index in [0.717, 1.165) is 50.4 Å². The number of anilines is 2. The average Bonchev–Trinajstić information content (AvgIpc) is 2.73. The SMILES string of the molecule is CC[C@@H](C)c1ccc(S(=O)(=O)Nc2ccccc2N2CCN(CC)CC2)cc1. The highest BCUT2D eigenvalue weighted by atomic mass is 32.2. The standard InChI is InChI=1S/C22H31N3O2S/c1-4-18(3)19-10-12-20(13-11-19)28(26,27)23-21-8-6-7-9-22(21)25-16-14-24(5-2)15-17-25/h6-13,18,23H,4-5,14-17H2,1-3H3/t18-/m1/s1. The van der Waals surface area contributed by atoms with Gasteiger partial charge in [0.1, 0.15) is 0 Å². The van der Waals surface area contributed by atoms with Crippen LogP contribution in [0.25, 0.3) is 0 Å². The second-order valence-corrected chi connectivity index (χ2v) is 9.10. The predicted molar refractivity (Wildman–Crippen MR) is 117 cm³/mol. The molecule has 5 nitrogen and oxygen atoms in total. The predicted octanol–water partition coefficient (Wildman–Crippen LogP) is 4.14. The van der Waals surface area contributed by atoms with Gasteiger partial charge in [-0.2, -0.15) is 0 Å². The fraction of sp³-hybridized carbons (Fsp3) is 0.455. The number of piperazine rings is 1. The summed E-state index contributed by atoms with van der Waals surface area (Å²) in [5.41, 5.74) is 2.74. The Labute approximate surface area is 169 Å². The van der Waals surface area contributed by atoms with E-state index in [1.165, 1.54) is 0 Å². The van der Waals surface area contributed by atoms with Crippen molar-refractivity contribution in [1.82, 2.24) is 4.90 Å². The smallest absolute Gasteiger partial charge is 0.261 e. The van der Waals surface area contributed by atoms with E-state index in [-0.39, 0.29) is 0 Å². The minimum atomic E-state index is -3.63. The van der Waals surface area contributed by atoms with E-state index < -0.39 is 10.0 Å². The third-order valence-electron chi connectivity index (χ3n) is 5.68. The summed E-state index contributed by atoms with van der Waals surface area (Å²) in [5.74, 6) is 0.423. The van der Waals surface area contributed by atoms with Gasteiger partial charge in [-0.05, 0) is 48.7 Å². The van der Waals surface area contributed by atoms with E-state index in [1.807, 2.05) is 36.4 Å². The van der Waals surface area contributed by atoms with Crippen LogP contribution in [0, 0.1) is 0 Å². The van der Waals surface area contributed by atoms with Crippen LogP contribution in [0.1, 0.15) is 38.7 Å². The van der Waals surface area contributed by atoms with E-state index >= 15 is 0 Å². The van der Waals surface area contributed by atoms with Gasteiger partial charge >= 0.3 is 0 Å². The lowest BCUT2D eigenvalue weighted by molar-refractivity contribution is 0.271. The van der Waals surface area contributed by atoms with Crippen molar-refractivity contribution in [2.45, 2.75) is 38.0 Å². The minimum absolute atomic E-state index is 0.296. The summed E-state index contributed by atoms with van der Waals surface area (Å²) in [6.45, 7) is 11.3. The molecule has 1 atom stereocenters. The Kier molecular flexibility index (Phi) is 6.62. The highest BCUT2D eigenvalue weighted by Crippen LogP contribution is 2.29. The zero-order valence-corrected chi connectivity index (χ0v) is 17.9. The van der Waals surface area contributed by atoms with Gasteiger partial charge < -0.3 is 9.80 Å². The molecule has 2 aromatic rings. The zero-order chi connectivity index (χ0) is 20.1. The molecule has 152 valence electrons. The number of rotatable bonds is 7. The van der Waals surface area contributed by atoms with Crippen molar-refractivity contribution >= 4 is 21.4 Å². The third-order valence-corrected chi connectivity index (χ3v) is 7.06. The molecular formula is C22H31N3O2S. The van der Waals surface area contributed by atoms with Crippen molar-refractivity contribution in [3.8, 4) is 0 Å². The van der Waals surface area contributed by atoms with E-state index in [2.05, 4.69) is 35.3 Å². The summed E-state index contributed by atoms with van der Waals surface area (Å²) in [6.07, 6.45) is 1.03. The molecule has 2 aromatic carbocycles. The van der Waals surface area contributed by atoms with Crippen LogP contribution in [0.2, 0.25) is 0 Å². The van der Waals surface area contributed by atoms with Crippen molar-refractivity contribution in [2.75, 3.05) is 42.3 Å². The first-order chi connectivity index (χ1) is 13.4. The first-order valence-corrected chi connectivity index (χ1v) is 11.6. The molecule has 1 N–H and O–H groups in total. The monoisotopic (exact) mass is 401 g/mol. The van der Waals surface area contributed by atoms with Crippen molar-refractivity contribution in [3.63, 3.8) is 0 Å². The van der Waals surface area contributed by atoms with Crippen LogP contribution < -0.4 is 9.62 Å². The lowest BCUT2D eigenvalue weighted by Gasteiger charge is -2.36. The molecule has 1 saturated heterocycles. The maximum absolute atomic E-state index is 12.9. The summed E-state index contributed by atoms with van der Waals surface area (Å²) in [6, 6.07) is 14.9. The number of nitrogens with zero attached hydrogens (tertiary/aromatic N) is 2. The molecule has 0 unspecified atom stereocenters. The summed E-state index contributed by atoms with van der Waals surface area (Å²) in [4.78, 5) is 4.96. The Morgan fingerprint density at radius 3 is 2.21 bits per heavy atom. The summed E-state index contributed by atoms with van der Waals surface area (Å²) in [5, 5.41) is 0. The van der Waals surface area contributed by atoms with E-state index in [9.17, 15) is 8.42 Å². The zero-order valence-electron chi connectivity index (χ0n) is 17.1. The summed E-state index contributed by atoms with van der Waals surface area (Å²) < 4.78 is 28.7. The molecule has 0 radical (unpaired) electrons. The Morgan fingerprint density at radius 1 is 0.964 bits per heavy atom. The third kappa shape index (κ3) is 4.67. The van der Waals surface area contributed by atoms with Crippen molar-refractivity contribution in [1.29, 1.82) is 0 Å². The van der Waals surface area contributed by atoms with Crippen LogP contribution >= 0.6 is 0 Å². The molecule has 1 aliphatic rings. The Balaban J connectivity index is 1.79. The first-order valence-electron chi connectivity index (χ1n) is 10.1. The number of likely N-dealkylation sites (N-methyl/N-ethyl adjacent to an activating group) is 1. The van der Waals surface area contributed by atoms with E-state index in [1.54, 1.807) is 12.1 Å². The lowest BCUT2D eigenvalue weighted by atomic mass is 9.99. The Bertz CT molecular complexity index is 873. The van der Waals surface area contributed by atoms with Crippen LogP contribution in [-0.4, -0.2) is 46.0 Å². The molecule has 0 spiro atoms. The van der Waals surface area contributed by atoms with Crippen LogP contribution in [0.3, 0.4) is 0 Å². The molecule has 3 rings (SSSR count). The van der Waals surface area contributed by atoms with E-state index in [4.69, 9.17) is 0 Å². The summed E-state index contributed by atoms with van der Waals surface area (Å²) >= 11 is 0. The second kappa shape index (κ2) is 8.97. The highest BCUT2D eigenvalue weighted by Gasteiger charge is 2.21. The second-order valence-electron chi connectivity index (χ2n) is 7.42. The number of hydrogen-bond donors (Lipinski definition) is 1. The lowest BCUT2D eigenvalue weighted by Crippen LogP contribution is -2.46. The minimum Gasteiger partial charge on any atom is -0.367 e. The fourth-order valence-corrected chi connectivity index (χ4v) is 4.63. The van der Waals surface area contributed by atoms with Gasteiger partial charge in [0.2, 0.25) is 0 Å². The Hall–Kier alpha value is -2.05. The quantitative estimate of drug-likeness (QED) is 0.757. The van der Waals surface area contributed by atoms with Gasteiger partial charge in [0.15, 0.2) is 0 Å². The molecule has 1 heterocycles. The van der Waals surface area contributed by atoms with Crippen molar-refractivity contribution in [2.24, 2.45) is 0 Å². The number of nitrogens with one attached hydrogen (secondary N) is 1. The van der Waals surface area contributed by atoms with Gasteiger partial charge in [0, 0.05) is 26.2 Å². The van der Waals surface area contributed by atoms with Crippen LogP contribution in [0.5, 0.6) is 0 Å². The molecule has 0 bridgehead atoms. The van der Waals surface area contributed by atoms with Crippen molar-refractivity contribution in [3.05, 3.63) is 54.1 Å². The largest absolute Gasteiger partial charge is 0.367 e. The number of sulfonamides is 1. The van der Waals surface area contributed by atoms with Gasteiger partial charge in [-0.3, -0.25) is 4.72 Å². The number of para-hydroxylation sites is 2. The molecule has 0 saturated carbocycles. The molecule has 0 amide bonds. The van der Waals surface area contributed by atoms with Gasteiger partial charge in [0.05, 0.1) is 16.3 Å². The molecule has 0 aromatic heterocycles. The fourth-order valence-electron chi connectivity index (χ4n) is 3.56. The van der Waals surface area contributed by atoms with Gasteiger partial charge in [0.25, 0.3) is 10.0 Å². The average molecular weight is 402 g/mol. The molecule has 1 aliphatic heterocycles.